The summed E-state index contributed by atoms with van der Waals surface area (Å²) in [5.41, 5.74) is 0.898. The van der Waals surface area contributed by atoms with Gasteiger partial charge in [0.2, 0.25) is 0 Å². The summed E-state index contributed by atoms with van der Waals surface area (Å²) in [7, 11) is 0. The summed E-state index contributed by atoms with van der Waals surface area (Å²) in [4.78, 5) is 0. The Bertz CT molecular complexity index is 348. The maximum atomic E-state index is 9.70. The Hall–Kier alpha value is -0.930. The van der Waals surface area contributed by atoms with Crippen LogP contribution in [-0.2, 0) is 6.54 Å². The molecule has 0 aromatic heterocycles. The molecule has 98 valence electrons. The van der Waals surface area contributed by atoms with E-state index in [9.17, 15) is 5.11 Å². The van der Waals surface area contributed by atoms with Crippen LogP contribution in [0.15, 0.2) is 18.2 Å². The van der Waals surface area contributed by atoms with Crippen molar-refractivity contribution in [3.05, 3.63) is 23.8 Å². The SMILES string of the molecule is CCOc1ccc(O)c(CNC(C)(C)C)c1.Cl. The fourth-order valence-corrected chi connectivity index (χ4v) is 1.32. The lowest BCUT2D eigenvalue weighted by Gasteiger charge is -2.21. The molecular weight excluding hydrogens is 238 g/mol. The summed E-state index contributed by atoms with van der Waals surface area (Å²) in [6.07, 6.45) is 0. The Balaban J connectivity index is 0.00000256. The molecule has 0 aliphatic rings. The predicted octanol–water partition coefficient (Wildman–Crippen LogP) is 3.10. The number of hydrogen-bond donors (Lipinski definition) is 2. The van der Waals surface area contributed by atoms with Crippen molar-refractivity contribution in [1.82, 2.24) is 5.32 Å². The van der Waals surface area contributed by atoms with E-state index in [4.69, 9.17) is 4.74 Å². The molecule has 0 amide bonds. The molecule has 4 heteroatoms. The number of ether oxygens (including phenoxy) is 1. The highest BCUT2D eigenvalue weighted by Gasteiger charge is 2.10. The zero-order valence-corrected chi connectivity index (χ0v) is 11.7. The van der Waals surface area contributed by atoms with Crippen LogP contribution in [0.1, 0.15) is 33.3 Å². The first-order chi connectivity index (χ1) is 7.42. The molecule has 0 aliphatic carbocycles. The van der Waals surface area contributed by atoms with Gasteiger partial charge in [0, 0.05) is 17.6 Å². The van der Waals surface area contributed by atoms with Gasteiger partial charge in [-0.3, -0.25) is 0 Å². The summed E-state index contributed by atoms with van der Waals surface area (Å²) >= 11 is 0. The van der Waals surface area contributed by atoms with Crippen LogP contribution >= 0.6 is 12.4 Å². The Morgan fingerprint density at radius 2 is 1.94 bits per heavy atom. The fraction of sp³-hybridized carbons (Fsp3) is 0.538. The second kappa shape index (κ2) is 6.72. The molecule has 2 N–H and O–H groups in total. The minimum atomic E-state index is 0. The molecule has 0 fully saturated rings. The second-order valence-corrected chi connectivity index (χ2v) is 4.83. The Morgan fingerprint density at radius 1 is 1.29 bits per heavy atom. The molecule has 3 nitrogen and oxygen atoms in total. The lowest BCUT2D eigenvalue weighted by atomic mass is 10.1. The van der Waals surface area contributed by atoms with Gasteiger partial charge in [-0.05, 0) is 45.9 Å². The fourth-order valence-electron chi connectivity index (χ4n) is 1.32. The van der Waals surface area contributed by atoms with E-state index >= 15 is 0 Å². The van der Waals surface area contributed by atoms with Gasteiger partial charge in [-0.25, -0.2) is 0 Å². The third kappa shape index (κ3) is 5.80. The van der Waals surface area contributed by atoms with E-state index in [1.807, 2.05) is 13.0 Å². The van der Waals surface area contributed by atoms with Crippen LogP contribution < -0.4 is 10.1 Å². The van der Waals surface area contributed by atoms with Crippen molar-refractivity contribution in [1.29, 1.82) is 0 Å². The highest BCUT2D eigenvalue weighted by Crippen LogP contribution is 2.23. The van der Waals surface area contributed by atoms with Gasteiger partial charge >= 0.3 is 0 Å². The first kappa shape index (κ1) is 16.1. The average Bonchev–Trinajstić information content (AvgIpc) is 2.18. The van der Waals surface area contributed by atoms with Crippen LogP contribution in [0.4, 0.5) is 0 Å². The van der Waals surface area contributed by atoms with E-state index in [0.29, 0.717) is 18.9 Å². The number of halogens is 1. The topological polar surface area (TPSA) is 41.5 Å². The monoisotopic (exact) mass is 259 g/mol. The third-order valence-electron chi connectivity index (χ3n) is 2.17. The molecule has 17 heavy (non-hydrogen) atoms. The predicted molar refractivity (Wildman–Crippen MR) is 73.1 cm³/mol. The van der Waals surface area contributed by atoms with Crippen LogP contribution in [0, 0.1) is 0 Å². The standard InChI is InChI=1S/C13H21NO2.ClH/c1-5-16-11-6-7-12(15)10(8-11)9-14-13(2,3)4;/h6-8,14-15H,5,9H2,1-4H3;1H. The molecule has 0 atom stereocenters. The molecule has 0 saturated carbocycles. The molecular formula is C13H22ClNO2. The summed E-state index contributed by atoms with van der Waals surface area (Å²) in [5, 5.41) is 13.0. The maximum Gasteiger partial charge on any atom is 0.120 e. The maximum absolute atomic E-state index is 9.70. The minimum Gasteiger partial charge on any atom is -0.508 e. The number of benzene rings is 1. The molecule has 1 rings (SSSR count). The van der Waals surface area contributed by atoms with Gasteiger partial charge in [0.15, 0.2) is 0 Å². The largest absolute Gasteiger partial charge is 0.508 e. The van der Waals surface area contributed by atoms with Crippen LogP contribution in [0.2, 0.25) is 0 Å². The number of phenolic OH excluding ortho intramolecular Hbond substituents is 1. The van der Waals surface area contributed by atoms with Crippen LogP contribution in [0.5, 0.6) is 11.5 Å². The zero-order valence-electron chi connectivity index (χ0n) is 10.9. The lowest BCUT2D eigenvalue weighted by molar-refractivity contribution is 0.338. The van der Waals surface area contributed by atoms with E-state index < -0.39 is 0 Å². The van der Waals surface area contributed by atoms with Gasteiger partial charge in [-0.2, -0.15) is 0 Å². The number of hydrogen-bond acceptors (Lipinski definition) is 3. The quantitative estimate of drug-likeness (QED) is 0.873. The van der Waals surface area contributed by atoms with Crippen molar-refractivity contribution in [2.45, 2.75) is 39.8 Å². The summed E-state index contributed by atoms with van der Waals surface area (Å²) in [6, 6.07) is 5.32. The molecule has 0 saturated heterocycles. The first-order valence-electron chi connectivity index (χ1n) is 5.62. The normalized spacial score (nSPS) is 10.8. The average molecular weight is 260 g/mol. The Morgan fingerprint density at radius 3 is 2.47 bits per heavy atom. The zero-order chi connectivity index (χ0) is 12.2. The van der Waals surface area contributed by atoms with Crippen molar-refractivity contribution in [2.75, 3.05) is 6.61 Å². The number of aromatic hydroxyl groups is 1. The van der Waals surface area contributed by atoms with Crippen molar-refractivity contribution in [3.8, 4) is 11.5 Å². The van der Waals surface area contributed by atoms with Crippen LogP contribution in [0.3, 0.4) is 0 Å². The van der Waals surface area contributed by atoms with Gasteiger partial charge in [-0.15, -0.1) is 12.4 Å². The molecule has 1 aromatic rings. The van der Waals surface area contributed by atoms with Crippen molar-refractivity contribution in [2.24, 2.45) is 0 Å². The molecule has 0 heterocycles. The smallest absolute Gasteiger partial charge is 0.120 e. The molecule has 0 aliphatic heterocycles. The number of phenols is 1. The third-order valence-corrected chi connectivity index (χ3v) is 2.17. The highest BCUT2D eigenvalue weighted by molar-refractivity contribution is 5.85. The van der Waals surface area contributed by atoms with Gasteiger partial charge in [0.25, 0.3) is 0 Å². The van der Waals surface area contributed by atoms with Gasteiger partial charge in [0.1, 0.15) is 11.5 Å². The van der Waals surface area contributed by atoms with Crippen molar-refractivity contribution in [3.63, 3.8) is 0 Å². The second-order valence-electron chi connectivity index (χ2n) is 4.83. The summed E-state index contributed by atoms with van der Waals surface area (Å²) in [5.74, 6) is 1.10. The molecule has 0 radical (unpaired) electrons. The van der Waals surface area contributed by atoms with Crippen LogP contribution in [0.25, 0.3) is 0 Å². The molecule has 1 aromatic carbocycles. The first-order valence-corrected chi connectivity index (χ1v) is 5.62. The van der Waals surface area contributed by atoms with Crippen molar-refractivity contribution < 1.29 is 9.84 Å². The summed E-state index contributed by atoms with van der Waals surface area (Å²) in [6.45, 7) is 9.50. The van der Waals surface area contributed by atoms with E-state index in [0.717, 1.165) is 11.3 Å². The number of rotatable bonds is 4. The van der Waals surface area contributed by atoms with E-state index in [2.05, 4.69) is 26.1 Å². The van der Waals surface area contributed by atoms with E-state index in [-0.39, 0.29) is 17.9 Å². The van der Waals surface area contributed by atoms with Gasteiger partial charge in [0.05, 0.1) is 6.61 Å². The van der Waals surface area contributed by atoms with E-state index in [1.54, 1.807) is 12.1 Å². The highest BCUT2D eigenvalue weighted by atomic mass is 35.5. The van der Waals surface area contributed by atoms with Gasteiger partial charge < -0.3 is 15.2 Å². The van der Waals surface area contributed by atoms with Crippen molar-refractivity contribution >= 4 is 12.4 Å². The van der Waals surface area contributed by atoms with Gasteiger partial charge in [-0.1, -0.05) is 0 Å². The molecule has 0 bridgehead atoms. The summed E-state index contributed by atoms with van der Waals surface area (Å²) < 4.78 is 5.39. The lowest BCUT2D eigenvalue weighted by Crippen LogP contribution is -2.35. The minimum absolute atomic E-state index is 0. The van der Waals surface area contributed by atoms with Crippen LogP contribution in [-0.4, -0.2) is 17.3 Å². The Kier molecular flexibility index (Phi) is 6.35. The van der Waals surface area contributed by atoms with E-state index in [1.165, 1.54) is 0 Å². The number of nitrogens with one attached hydrogen (secondary N) is 1. The Labute approximate surface area is 110 Å². The molecule has 0 spiro atoms. The molecule has 0 unspecified atom stereocenters.